The summed E-state index contributed by atoms with van der Waals surface area (Å²) < 4.78 is 0. The topological polar surface area (TPSA) is 89.3 Å². The highest BCUT2D eigenvalue weighted by atomic mass is 32.1. The Balaban J connectivity index is 1.42. The van der Waals surface area contributed by atoms with Gasteiger partial charge in [0.1, 0.15) is 5.82 Å². The number of nitrogens with zero attached hydrogens (tertiary/aromatic N) is 5. The highest BCUT2D eigenvalue weighted by Gasteiger charge is 2.26. The maximum atomic E-state index is 5.54. The number of nitrogen functional groups attached to an aromatic ring is 1. The van der Waals surface area contributed by atoms with Gasteiger partial charge in [-0.1, -0.05) is 0 Å². The van der Waals surface area contributed by atoms with E-state index in [0.717, 1.165) is 61.4 Å². The van der Waals surface area contributed by atoms with E-state index >= 15 is 0 Å². The minimum atomic E-state index is 0.648. The van der Waals surface area contributed by atoms with Crippen molar-refractivity contribution >= 4 is 22.3 Å². The first-order valence-electron chi connectivity index (χ1n) is 9.37. The number of nitrogens with two attached hydrogens (primary N) is 1. The number of H-pyrrole nitrogens is 1. The third-order valence-corrected chi connectivity index (χ3v) is 6.49. The number of aromatic amines is 1. The van der Waals surface area contributed by atoms with Gasteiger partial charge in [-0.05, 0) is 13.8 Å². The van der Waals surface area contributed by atoms with Gasteiger partial charge in [0.05, 0.1) is 17.5 Å². The second kappa shape index (κ2) is 7.51. The molecule has 0 bridgehead atoms. The summed E-state index contributed by atoms with van der Waals surface area (Å²) >= 11 is 1.64. The average molecular weight is 377 g/mol. The fraction of sp³-hybridized carbons (Fsp3) is 0.647. The number of piperazine rings is 1. The number of hydrazine groups is 1. The molecule has 2 aliphatic heterocycles. The van der Waals surface area contributed by atoms with E-state index in [1.807, 2.05) is 6.20 Å². The Morgan fingerprint density at radius 1 is 1.23 bits per heavy atom. The lowest BCUT2D eigenvalue weighted by atomic mass is 10.2. The summed E-state index contributed by atoms with van der Waals surface area (Å²) in [5, 5.41) is 8.23. The number of hydrogen-bond acceptors (Lipinski definition) is 8. The summed E-state index contributed by atoms with van der Waals surface area (Å²) in [6.45, 7) is 12.3. The summed E-state index contributed by atoms with van der Waals surface area (Å²) in [5.41, 5.74) is 4.77. The van der Waals surface area contributed by atoms with Gasteiger partial charge in [0, 0.05) is 63.2 Å². The lowest BCUT2D eigenvalue weighted by Crippen LogP contribution is -2.50. The molecule has 1 saturated heterocycles. The van der Waals surface area contributed by atoms with E-state index < -0.39 is 0 Å². The molecule has 2 aromatic heterocycles. The van der Waals surface area contributed by atoms with Crippen LogP contribution in [0.5, 0.6) is 0 Å². The van der Waals surface area contributed by atoms with Gasteiger partial charge in [-0.15, -0.1) is 11.3 Å². The van der Waals surface area contributed by atoms with E-state index in [2.05, 4.69) is 49.2 Å². The van der Waals surface area contributed by atoms with Gasteiger partial charge in [-0.25, -0.2) is 10.8 Å². The molecule has 0 spiro atoms. The molecule has 142 valence electrons. The quantitative estimate of drug-likeness (QED) is 0.534. The van der Waals surface area contributed by atoms with E-state index in [0.29, 0.717) is 6.04 Å². The van der Waals surface area contributed by atoms with Crippen LogP contribution in [0.2, 0.25) is 0 Å². The molecule has 0 radical (unpaired) electrons. The van der Waals surface area contributed by atoms with E-state index in [1.54, 1.807) is 11.3 Å². The van der Waals surface area contributed by atoms with Gasteiger partial charge >= 0.3 is 0 Å². The van der Waals surface area contributed by atoms with Crippen molar-refractivity contribution < 1.29 is 0 Å². The average Bonchev–Trinajstić information content (AvgIpc) is 3.26. The Labute approximate surface area is 158 Å². The van der Waals surface area contributed by atoms with E-state index in [-0.39, 0.29) is 0 Å². The van der Waals surface area contributed by atoms with Crippen molar-refractivity contribution in [2.24, 2.45) is 5.84 Å². The molecule has 4 heterocycles. The van der Waals surface area contributed by atoms with Crippen LogP contribution in [0.25, 0.3) is 11.3 Å². The molecule has 2 aromatic rings. The Bertz CT molecular complexity index is 731. The molecule has 4 rings (SSSR count). The summed E-state index contributed by atoms with van der Waals surface area (Å²) in [7, 11) is 0. The van der Waals surface area contributed by atoms with Crippen LogP contribution in [0.1, 0.15) is 18.7 Å². The van der Waals surface area contributed by atoms with Crippen molar-refractivity contribution in [2.75, 3.05) is 56.1 Å². The van der Waals surface area contributed by atoms with Crippen molar-refractivity contribution in [1.82, 2.24) is 25.0 Å². The van der Waals surface area contributed by atoms with Crippen LogP contribution in [-0.2, 0) is 6.42 Å². The number of fused-ring (bicyclic) bond motifs is 3. The SMILES string of the molecule is CC(C)N1CCN(CCN2CCc3sc(NN)nc3-c3cn[nH]c32)CC1. The molecule has 0 aliphatic carbocycles. The molecule has 0 unspecified atom stereocenters. The van der Waals surface area contributed by atoms with Crippen molar-refractivity contribution in [3.63, 3.8) is 0 Å². The Kier molecular flexibility index (Phi) is 5.12. The maximum absolute atomic E-state index is 5.54. The van der Waals surface area contributed by atoms with Crippen molar-refractivity contribution in [3.05, 3.63) is 11.1 Å². The number of nitrogens with one attached hydrogen (secondary N) is 2. The smallest absolute Gasteiger partial charge is 0.197 e. The molecule has 4 N–H and O–H groups in total. The van der Waals surface area contributed by atoms with Crippen molar-refractivity contribution in [3.8, 4) is 11.3 Å². The van der Waals surface area contributed by atoms with Gasteiger partial charge in [-0.3, -0.25) is 20.3 Å². The molecule has 0 saturated carbocycles. The lowest BCUT2D eigenvalue weighted by molar-refractivity contribution is 0.110. The zero-order chi connectivity index (χ0) is 18.1. The third kappa shape index (κ3) is 3.44. The molecular weight excluding hydrogens is 348 g/mol. The molecule has 2 aliphatic rings. The van der Waals surface area contributed by atoms with Gasteiger partial charge in [-0.2, -0.15) is 5.10 Å². The highest BCUT2D eigenvalue weighted by molar-refractivity contribution is 7.16. The Morgan fingerprint density at radius 3 is 2.77 bits per heavy atom. The predicted octanol–water partition coefficient (Wildman–Crippen LogP) is 1.21. The zero-order valence-electron chi connectivity index (χ0n) is 15.5. The van der Waals surface area contributed by atoms with Crippen LogP contribution in [0.4, 0.5) is 10.9 Å². The Hall–Kier alpha value is -1.68. The maximum Gasteiger partial charge on any atom is 0.197 e. The number of anilines is 2. The lowest BCUT2D eigenvalue weighted by Gasteiger charge is -2.37. The van der Waals surface area contributed by atoms with Crippen molar-refractivity contribution in [1.29, 1.82) is 0 Å². The minimum absolute atomic E-state index is 0.648. The van der Waals surface area contributed by atoms with Crippen LogP contribution in [0.15, 0.2) is 6.20 Å². The molecule has 26 heavy (non-hydrogen) atoms. The normalized spacial score (nSPS) is 18.7. The van der Waals surface area contributed by atoms with Crippen LogP contribution in [0.3, 0.4) is 0 Å². The second-order valence-electron chi connectivity index (χ2n) is 7.28. The zero-order valence-corrected chi connectivity index (χ0v) is 16.3. The second-order valence-corrected chi connectivity index (χ2v) is 8.36. The largest absolute Gasteiger partial charge is 0.355 e. The summed E-state index contributed by atoms with van der Waals surface area (Å²) in [4.78, 5) is 13.5. The molecule has 8 nitrogen and oxygen atoms in total. The van der Waals surface area contributed by atoms with Gasteiger partial charge in [0.25, 0.3) is 0 Å². The van der Waals surface area contributed by atoms with Gasteiger partial charge < -0.3 is 4.90 Å². The van der Waals surface area contributed by atoms with Gasteiger partial charge in [0.15, 0.2) is 5.13 Å². The highest BCUT2D eigenvalue weighted by Crippen LogP contribution is 2.38. The van der Waals surface area contributed by atoms with Crippen LogP contribution >= 0.6 is 11.3 Å². The van der Waals surface area contributed by atoms with E-state index in [4.69, 9.17) is 5.84 Å². The third-order valence-electron chi connectivity index (χ3n) is 5.44. The van der Waals surface area contributed by atoms with Crippen LogP contribution < -0.4 is 16.2 Å². The number of rotatable bonds is 5. The van der Waals surface area contributed by atoms with E-state index in [9.17, 15) is 0 Å². The number of aromatic nitrogens is 3. The molecule has 0 atom stereocenters. The standard InChI is InChI=1S/C17H28N8S/c1-12(2)24-8-5-23(6-9-24)7-10-25-4-3-14-15(20-17(21-18)26-14)13-11-19-22-16(13)25/h11-12H,3-10,18H2,1-2H3,(H,19,22)(H,20,21). The molecule has 0 amide bonds. The van der Waals surface area contributed by atoms with Crippen molar-refractivity contribution in [2.45, 2.75) is 26.3 Å². The molecule has 9 heteroatoms. The summed E-state index contributed by atoms with van der Waals surface area (Å²) in [6, 6.07) is 0.648. The first-order chi connectivity index (χ1) is 12.7. The summed E-state index contributed by atoms with van der Waals surface area (Å²) in [5.74, 6) is 6.62. The van der Waals surface area contributed by atoms with Crippen LogP contribution in [-0.4, -0.2) is 76.8 Å². The van der Waals surface area contributed by atoms with E-state index in [1.165, 1.54) is 18.0 Å². The first-order valence-corrected chi connectivity index (χ1v) is 10.2. The van der Waals surface area contributed by atoms with Gasteiger partial charge in [0.2, 0.25) is 0 Å². The number of thiazole rings is 1. The Morgan fingerprint density at radius 2 is 2.04 bits per heavy atom. The summed E-state index contributed by atoms with van der Waals surface area (Å²) in [6.07, 6.45) is 2.87. The molecule has 0 aromatic carbocycles. The minimum Gasteiger partial charge on any atom is -0.355 e. The fourth-order valence-corrected chi connectivity index (χ4v) is 4.70. The molecular formula is C17H28N8S. The van der Waals surface area contributed by atoms with Crippen LogP contribution in [0, 0.1) is 0 Å². The monoisotopic (exact) mass is 376 g/mol. The fourth-order valence-electron chi connectivity index (χ4n) is 3.82. The predicted molar refractivity (Wildman–Crippen MR) is 107 cm³/mol. The molecule has 1 fully saturated rings. The number of hydrogen-bond donors (Lipinski definition) is 3. The first kappa shape index (κ1) is 17.7.